The number of hydrogen-bond donors (Lipinski definition) is 1. The van der Waals surface area contributed by atoms with E-state index >= 15 is 0 Å². The van der Waals surface area contributed by atoms with Crippen molar-refractivity contribution in [2.75, 3.05) is 14.2 Å². The van der Waals surface area contributed by atoms with Gasteiger partial charge in [-0.1, -0.05) is 0 Å². The van der Waals surface area contributed by atoms with Gasteiger partial charge in [-0.15, -0.1) is 0 Å². The summed E-state index contributed by atoms with van der Waals surface area (Å²) >= 11 is 0. The average molecular weight is 198 g/mol. The molecule has 4 nitrogen and oxygen atoms in total. The number of benzene rings is 1. The maximum atomic E-state index is 13.3. The van der Waals surface area contributed by atoms with E-state index in [-0.39, 0.29) is 5.56 Å². The van der Waals surface area contributed by atoms with Crippen molar-refractivity contribution in [3.8, 4) is 11.5 Å². The van der Waals surface area contributed by atoms with Crippen LogP contribution in [0.2, 0.25) is 0 Å². The minimum Gasteiger partial charge on any atom is -0.493 e. The van der Waals surface area contributed by atoms with Gasteiger partial charge in [0.2, 0.25) is 0 Å². The number of hydrogen-bond acceptors (Lipinski definition) is 4. The minimum atomic E-state index is -0.461. The van der Waals surface area contributed by atoms with Crippen LogP contribution in [0.1, 0.15) is 5.56 Å². The molecule has 0 radical (unpaired) electrons. The van der Waals surface area contributed by atoms with Gasteiger partial charge < -0.3 is 15.3 Å². The number of halogens is 1. The molecule has 0 bridgehead atoms. The van der Waals surface area contributed by atoms with Crippen LogP contribution in [0, 0.1) is 5.82 Å². The first kappa shape index (κ1) is 10.3. The summed E-state index contributed by atoms with van der Waals surface area (Å²) in [6, 6.07) is 2.68. The van der Waals surface area contributed by atoms with Gasteiger partial charge in [-0.2, -0.15) is 5.10 Å². The second-order valence-electron chi connectivity index (χ2n) is 2.51. The fourth-order valence-electron chi connectivity index (χ4n) is 1.05. The Morgan fingerprint density at radius 3 is 2.36 bits per heavy atom. The summed E-state index contributed by atoms with van der Waals surface area (Å²) in [6.07, 6.45) is 1.21. The molecule has 1 rings (SSSR count). The summed E-state index contributed by atoms with van der Waals surface area (Å²) in [4.78, 5) is 0. The molecule has 0 aromatic heterocycles. The first-order chi connectivity index (χ1) is 6.72. The molecule has 1 aromatic rings. The normalized spacial score (nSPS) is 10.5. The first-order valence-corrected chi connectivity index (χ1v) is 3.87. The van der Waals surface area contributed by atoms with E-state index in [1.54, 1.807) is 0 Å². The molecule has 2 N–H and O–H groups in total. The van der Waals surface area contributed by atoms with Crippen LogP contribution in [-0.4, -0.2) is 20.4 Å². The predicted octanol–water partition coefficient (Wildman–Crippen LogP) is 1.14. The van der Waals surface area contributed by atoms with Crippen molar-refractivity contribution in [2.24, 2.45) is 10.9 Å². The molecule has 0 amide bonds. The Balaban J connectivity index is 3.23. The number of rotatable bonds is 3. The third-order valence-corrected chi connectivity index (χ3v) is 1.72. The Kier molecular flexibility index (Phi) is 3.28. The Labute approximate surface area is 81.1 Å². The lowest BCUT2D eigenvalue weighted by Gasteiger charge is -2.08. The van der Waals surface area contributed by atoms with Crippen molar-refractivity contribution in [3.63, 3.8) is 0 Å². The van der Waals surface area contributed by atoms with Crippen LogP contribution >= 0.6 is 0 Å². The van der Waals surface area contributed by atoms with Gasteiger partial charge in [-0.05, 0) is 6.07 Å². The van der Waals surface area contributed by atoms with Crippen molar-refractivity contribution in [1.29, 1.82) is 0 Å². The summed E-state index contributed by atoms with van der Waals surface area (Å²) in [5.74, 6) is 5.23. The van der Waals surface area contributed by atoms with Crippen LogP contribution in [0.3, 0.4) is 0 Å². The Hall–Kier alpha value is -1.78. The summed E-state index contributed by atoms with van der Waals surface area (Å²) in [6.45, 7) is 0. The largest absolute Gasteiger partial charge is 0.493 e. The summed E-state index contributed by atoms with van der Waals surface area (Å²) in [7, 11) is 2.91. The van der Waals surface area contributed by atoms with Crippen LogP contribution in [0.5, 0.6) is 11.5 Å². The molecule has 0 unspecified atom stereocenters. The number of ether oxygens (including phenoxy) is 2. The van der Waals surface area contributed by atoms with Crippen LogP contribution in [0.25, 0.3) is 0 Å². The molecule has 0 fully saturated rings. The van der Waals surface area contributed by atoms with E-state index in [0.717, 1.165) is 0 Å². The maximum Gasteiger partial charge on any atom is 0.163 e. The van der Waals surface area contributed by atoms with E-state index in [2.05, 4.69) is 5.10 Å². The number of nitrogens with two attached hydrogens (primary N) is 1. The average Bonchev–Trinajstić information content (AvgIpc) is 2.20. The lowest BCUT2D eigenvalue weighted by molar-refractivity contribution is 0.352. The Bertz CT molecular complexity index is 353. The van der Waals surface area contributed by atoms with Crippen molar-refractivity contribution in [2.45, 2.75) is 0 Å². The van der Waals surface area contributed by atoms with Gasteiger partial charge in [0.05, 0.1) is 20.4 Å². The summed E-state index contributed by atoms with van der Waals surface area (Å²) < 4.78 is 23.2. The molecular weight excluding hydrogens is 187 g/mol. The van der Waals surface area contributed by atoms with Gasteiger partial charge in [0, 0.05) is 11.6 Å². The van der Waals surface area contributed by atoms with Gasteiger partial charge in [0.1, 0.15) is 5.82 Å². The van der Waals surface area contributed by atoms with Gasteiger partial charge in [0.25, 0.3) is 0 Å². The van der Waals surface area contributed by atoms with Crippen LogP contribution < -0.4 is 15.3 Å². The fourth-order valence-corrected chi connectivity index (χ4v) is 1.05. The summed E-state index contributed by atoms with van der Waals surface area (Å²) in [5.41, 5.74) is 0.255. The number of methoxy groups -OCH3 is 2. The van der Waals surface area contributed by atoms with Crippen molar-refractivity contribution in [1.82, 2.24) is 0 Å². The van der Waals surface area contributed by atoms with E-state index in [0.29, 0.717) is 11.5 Å². The van der Waals surface area contributed by atoms with Gasteiger partial charge >= 0.3 is 0 Å². The molecule has 0 atom stereocenters. The zero-order valence-corrected chi connectivity index (χ0v) is 7.95. The molecule has 0 aliphatic rings. The molecule has 0 aliphatic carbocycles. The van der Waals surface area contributed by atoms with Crippen molar-refractivity contribution >= 4 is 6.21 Å². The molecule has 0 heterocycles. The third kappa shape index (κ3) is 1.93. The highest BCUT2D eigenvalue weighted by molar-refractivity contribution is 5.81. The van der Waals surface area contributed by atoms with E-state index in [9.17, 15) is 4.39 Å². The highest BCUT2D eigenvalue weighted by Crippen LogP contribution is 2.28. The highest BCUT2D eigenvalue weighted by atomic mass is 19.1. The molecule has 5 heteroatoms. The topological polar surface area (TPSA) is 56.8 Å². The molecule has 0 spiro atoms. The molecule has 0 aliphatic heterocycles. The van der Waals surface area contributed by atoms with Gasteiger partial charge in [-0.25, -0.2) is 4.39 Å². The molecule has 0 saturated heterocycles. The number of nitrogens with zero attached hydrogens (tertiary/aromatic N) is 1. The van der Waals surface area contributed by atoms with E-state index < -0.39 is 5.82 Å². The quantitative estimate of drug-likeness (QED) is 0.450. The zero-order valence-electron chi connectivity index (χ0n) is 7.95. The van der Waals surface area contributed by atoms with Crippen molar-refractivity contribution in [3.05, 3.63) is 23.5 Å². The third-order valence-electron chi connectivity index (χ3n) is 1.72. The fraction of sp³-hybridized carbons (Fsp3) is 0.222. The molecular formula is C9H11FN2O2. The smallest absolute Gasteiger partial charge is 0.163 e. The number of hydrazone groups is 1. The van der Waals surface area contributed by atoms with Crippen LogP contribution in [0.15, 0.2) is 17.2 Å². The van der Waals surface area contributed by atoms with Gasteiger partial charge in [-0.3, -0.25) is 0 Å². The standard InChI is InChI=1S/C9H11FN2O2/c1-13-8-3-6(5-12-11)7(10)4-9(8)14-2/h3-5H,11H2,1-2H3. The van der Waals surface area contributed by atoms with Crippen LogP contribution in [0.4, 0.5) is 4.39 Å². The van der Waals surface area contributed by atoms with E-state index in [4.69, 9.17) is 15.3 Å². The second kappa shape index (κ2) is 4.45. The van der Waals surface area contributed by atoms with Gasteiger partial charge in [0.15, 0.2) is 11.5 Å². The molecule has 0 saturated carbocycles. The predicted molar refractivity (Wildman–Crippen MR) is 51.3 cm³/mol. The Morgan fingerprint density at radius 1 is 1.29 bits per heavy atom. The lowest BCUT2D eigenvalue weighted by atomic mass is 10.2. The van der Waals surface area contributed by atoms with Crippen LogP contribution in [-0.2, 0) is 0 Å². The lowest BCUT2D eigenvalue weighted by Crippen LogP contribution is -1.96. The zero-order chi connectivity index (χ0) is 10.6. The monoisotopic (exact) mass is 198 g/mol. The van der Waals surface area contributed by atoms with Crippen molar-refractivity contribution < 1.29 is 13.9 Å². The SMILES string of the molecule is COc1cc(F)c(C=NN)cc1OC. The summed E-state index contributed by atoms with van der Waals surface area (Å²) in [5, 5.41) is 3.24. The molecule has 14 heavy (non-hydrogen) atoms. The maximum absolute atomic E-state index is 13.3. The second-order valence-corrected chi connectivity index (χ2v) is 2.51. The minimum absolute atomic E-state index is 0.255. The van der Waals surface area contributed by atoms with E-state index in [1.165, 1.54) is 32.6 Å². The molecule has 76 valence electrons. The highest BCUT2D eigenvalue weighted by Gasteiger charge is 2.09. The first-order valence-electron chi connectivity index (χ1n) is 3.87. The van der Waals surface area contributed by atoms with E-state index in [1.807, 2.05) is 0 Å². The molecule has 1 aromatic carbocycles. The Morgan fingerprint density at radius 2 is 1.86 bits per heavy atom.